The molecule has 68 valence electrons. The third-order valence-electron chi connectivity index (χ3n) is 2.17. The van der Waals surface area contributed by atoms with Gasteiger partial charge in [0, 0.05) is 6.42 Å². The van der Waals surface area contributed by atoms with E-state index in [1.165, 1.54) is 5.56 Å². The number of rotatable bonds is 2. The van der Waals surface area contributed by atoms with E-state index >= 15 is 0 Å². The van der Waals surface area contributed by atoms with E-state index in [1.54, 1.807) is 0 Å². The van der Waals surface area contributed by atoms with Crippen molar-refractivity contribution in [2.75, 3.05) is 0 Å². The Morgan fingerprint density at radius 3 is 3.00 bits per heavy atom. The normalized spacial score (nSPS) is 10.9. The predicted molar refractivity (Wildman–Crippen MR) is 54.8 cm³/mol. The first kappa shape index (κ1) is 8.30. The number of nitrogens with one attached hydrogen (secondary N) is 1. The molecule has 1 aromatic carbocycles. The van der Waals surface area contributed by atoms with Gasteiger partial charge < -0.3 is 4.98 Å². The fraction of sp³-hybridized carbons (Fsp3) is 0.364. The van der Waals surface area contributed by atoms with Gasteiger partial charge in [0.1, 0.15) is 5.82 Å². The van der Waals surface area contributed by atoms with E-state index in [4.69, 9.17) is 0 Å². The van der Waals surface area contributed by atoms with Crippen LogP contribution in [0.4, 0.5) is 0 Å². The largest absolute Gasteiger partial charge is 0.342 e. The number of benzene rings is 1. The van der Waals surface area contributed by atoms with Crippen molar-refractivity contribution in [3.8, 4) is 0 Å². The highest BCUT2D eigenvalue weighted by Gasteiger charge is 2.00. The van der Waals surface area contributed by atoms with Gasteiger partial charge in [-0.2, -0.15) is 0 Å². The number of nitrogens with zero attached hydrogens (tertiary/aromatic N) is 1. The van der Waals surface area contributed by atoms with Gasteiger partial charge in [-0.25, -0.2) is 4.98 Å². The van der Waals surface area contributed by atoms with Gasteiger partial charge in [-0.05, 0) is 31.0 Å². The number of aryl methyl sites for hydroxylation is 2. The molecule has 0 atom stereocenters. The standard InChI is InChI=1S/C11H14N2/c1-3-4-11-12-9-6-5-8(2)7-10(9)13-11/h5-7H,3-4H2,1-2H3,(H,12,13). The smallest absolute Gasteiger partial charge is 0.107 e. The summed E-state index contributed by atoms with van der Waals surface area (Å²) < 4.78 is 0. The lowest BCUT2D eigenvalue weighted by Crippen LogP contribution is -1.83. The van der Waals surface area contributed by atoms with Crippen LogP contribution >= 0.6 is 0 Å². The SMILES string of the molecule is CCCc1nc2ccc(C)cc2[nH]1. The van der Waals surface area contributed by atoms with Crippen LogP contribution in [0.3, 0.4) is 0 Å². The summed E-state index contributed by atoms with van der Waals surface area (Å²) >= 11 is 0. The van der Waals surface area contributed by atoms with Crippen LogP contribution in [0.15, 0.2) is 18.2 Å². The van der Waals surface area contributed by atoms with Crippen molar-refractivity contribution in [3.63, 3.8) is 0 Å². The fourth-order valence-electron chi connectivity index (χ4n) is 1.53. The maximum Gasteiger partial charge on any atom is 0.107 e. The van der Waals surface area contributed by atoms with E-state index in [9.17, 15) is 0 Å². The molecule has 0 aliphatic rings. The fourth-order valence-corrected chi connectivity index (χ4v) is 1.53. The van der Waals surface area contributed by atoms with Crippen molar-refractivity contribution < 1.29 is 0 Å². The Labute approximate surface area is 78.0 Å². The summed E-state index contributed by atoms with van der Waals surface area (Å²) in [7, 11) is 0. The molecular weight excluding hydrogens is 160 g/mol. The average molecular weight is 174 g/mol. The molecule has 0 fully saturated rings. The molecule has 0 radical (unpaired) electrons. The molecule has 0 spiro atoms. The third kappa shape index (κ3) is 1.57. The van der Waals surface area contributed by atoms with E-state index in [0.717, 1.165) is 29.7 Å². The van der Waals surface area contributed by atoms with Crippen LogP contribution in [-0.4, -0.2) is 9.97 Å². The van der Waals surface area contributed by atoms with Crippen molar-refractivity contribution in [2.24, 2.45) is 0 Å². The van der Waals surface area contributed by atoms with Crippen LogP contribution in [0.2, 0.25) is 0 Å². The van der Waals surface area contributed by atoms with Crippen molar-refractivity contribution in [2.45, 2.75) is 26.7 Å². The Bertz CT molecular complexity index is 415. The van der Waals surface area contributed by atoms with Crippen LogP contribution < -0.4 is 0 Å². The molecule has 0 saturated carbocycles. The van der Waals surface area contributed by atoms with E-state index < -0.39 is 0 Å². The highest BCUT2D eigenvalue weighted by molar-refractivity contribution is 5.75. The summed E-state index contributed by atoms with van der Waals surface area (Å²) in [5.74, 6) is 1.10. The van der Waals surface area contributed by atoms with E-state index in [1.807, 2.05) is 0 Å². The van der Waals surface area contributed by atoms with Gasteiger partial charge in [-0.1, -0.05) is 13.0 Å². The second-order valence-electron chi connectivity index (χ2n) is 3.45. The number of aromatic nitrogens is 2. The predicted octanol–water partition coefficient (Wildman–Crippen LogP) is 2.82. The van der Waals surface area contributed by atoms with Gasteiger partial charge in [-0.15, -0.1) is 0 Å². The summed E-state index contributed by atoms with van der Waals surface area (Å²) in [6, 6.07) is 6.31. The molecule has 0 aliphatic heterocycles. The first-order valence-electron chi connectivity index (χ1n) is 4.75. The molecular formula is C11H14N2. The number of hydrogen-bond donors (Lipinski definition) is 1. The molecule has 0 saturated heterocycles. The molecule has 0 bridgehead atoms. The molecule has 1 aromatic heterocycles. The molecule has 0 unspecified atom stereocenters. The van der Waals surface area contributed by atoms with Crippen LogP contribution in [-0.2, 0) is 6.42 Å². The summed E-state index contributed by atoms with van der Waals surface area (Å²) in [6.45, 7) is 4.26. The number of H-pyrrole nitrogens is 1. The Morgan fingerprint density at radius 1 is 1.38 bits per heavy atom. The van der Waals surface area contributed by atoms with Gasteiger partial charge in [0.15, 0.2) is 0 Å². The van der Waals surface area contributed by atoms with Crippen LogP contribution in [0.5, 0.6) is 0 Å². The second kappa shape index (κ2) is 3.21. The zero-order valence-corrected chi connectivity index (χ0v) is 8.09. The van der Waals surface area contributed by atoms with Gasteiger partial charge in [-0.3, -0.25) is 0 Å². The maximum absolute atomic E-state index is 4.49. The first-order chi connectivity index (χ1) is 6.29. The molecule has 0 amide bonds. The van der Waals surface area contributed by atoms with Crippen LogP contribution in [0.1, 0.15) is 24.7 Å². The molecule has 2 heteroatoms. The lowest BCUT2D eigenvalue weighted by atomic mass is 10.2. The minimum atomic E-state index is 1.04. The van der Waals surface area contributed by atoms with Gasteiger partial charge in [0.05, 0.1) is 11.0 Å². The lowest BCUT2D eigenvalue weighted by Gasteiger charge is -1.89. The summed E-state index contributed by atoms with van der Waals surface area (Å²) in [5.41, 5.74) is 3.51. The lowest BCUT2D eigenvalue weighted by molar-refractivity contribution is 0.861. The van der Waals surface area contributed by atoms with Crippen LogP contribution in [0.25, 0.3) is 11.0 Å². The van der Waals surface area contributed by atoms with Gasteiger partial charge >= 0.3 is 0 Å². The minimum absolute atomic E-state index is 1.04. The van der Waals surface area contributed by atoms with E-state index in [-0.39, 0.29) is 0 Å². The van der Waals surface area contributed by atoms with Crippen molar-refractivity contribution in [1.29, 1.82) is 0 Å². The number of imidazole rings is 1. The van der Waals surface area contributed by atoms with E-state index in [2.05, 4.69) is 42.0 Å². The van der Waals surface area contributed by atoms with Crippen molar-refractivity contribution in [1.82, 2.24) is 9.97 Å². The van der Waals surface area contributed by atoms with Crippen molar-refractivity contribution >= 4 is 11.0 Å². The molecule has 13 heavy (non-hydrogen) atoms. The first-order valence-corrected chi connectivity index (χ1v) is 4.75. The number of hydrogen-bond acceptors (Lipinski definition) is 1. The minimum Gasteiger partial charge on any atom is -0.342 e. The number of aromatic amines is 1. The molecule has 2 aromatic rings. The summed E-state index contributed by atoms with van der Waals surface area (Å²) in [5, 5.41) is 0. The topological polar surface area (TPSA) is 28.7 Å². The zero-order valence-electron chi connectivity index (χ0n) is 8.09. The maximum atomic E-state index is 4.49. The zero-order chi connectivity index (χ0) is 9.26. The Kier molecular flexibility index (Phi) is 2.05. The quantitative estimate of drug-likeness (QED) is 0.745. The summed E-state index contributed by atoms with van der Waals surface area (Å²) in [6.07, 6.45) is 2.17. The Morgan fingerprint density at radius 2 is 2.23 bits per heavy atom. The summed E-state index contributed by atoms with van der Waals surface area (Å²) in [4.78, 5) is 7.81. The molecule has 2 rings (SSSR count). The van der Waals surface area contributed by atoms with Gasteiger partial charge in [0.2, 0.25) is 0 Å². The highest BCUT2D eigenvalue weighted by Crippen LogP contribution is 2.13. The monoisotopic (exact) mass is 174 g/mol. The molecule has 2 nitrogen and oxygen atoms in total. The highest BCUT2D eigenvalue weighted by atomic mass is 14.9. The van der Waals surface area contributed by atoms with Crippen LogP contribution in [0, 0.1) is 6.92 Å². The molecule has 0 aliphatic carbocycles. The van der Waals surface area contributed by atoms with Crippen molar-refractivity contribution in [3.05, 3.63) is 29.6 Å². The Balaban J connectivity index is 2.49. The second-order valence-corrected chi connectivity index (χ2v) is 3.45. The van der Waals surface area contributed by atoms with E-state index in [0.29, 0.717) is 0 Å². The van der Waals surface area contributed by atoms with Gasteiger partial charge in [0.25, 0.3) is 0 Å². The Hall–Kier alpha value is -1.31. The average Bonchev–Trinajstić information content (AvgIpc) is 2.46. The number of fused-ring (bicyclic) bond motifs is 1. The molecule has 1 heterocycles. The molecule has 1 N–H and O–H groups in total. The third-order valence-corrected chi connectivity index (χ3v) is 2.17.